The first-order valence-electron chi connectivity index (χ1n) is 16.5. The lowest BCUT2D eigenvalue weighted by Gasteiger charge is -2.37. The molecule has 0 spiro atoms. The van der Waals surface area contributed by atoms with Crippen molar-refractivity contribution in [2.45, 2.75) is 29.8 Å². The van der Waals surface area contributed by atoms with E-state index in [1.807, 2.05) is 54.6 Å². The number of aromatic nitrogens is 4. The number of fused-ring (bicyclic) bond motifs is 1. The Morgan fingerprint density at radius 3 is 1.98 bits per heavy atom. The van der Waals surface area contributed by atoms with Gasteiger partial charge < -0.3 is 34.1 Å². The van der Waals surface area contributed by atoms with Gasteiger partial charge in [-0.25, -0.2) is 19.3 Å². The second-order valence-electron chi connectivity index (χ2n) is 12.3. The van der Waals surface area contributed by atoms with Crippen molar-refractivity contribution < 1.29 is 42.5 Å². The van der Waals surface area contributed by atoms with E-state index in [2.05, 4.69) is 20.3 Å². The van der Waals surface area contributed by atoms with Gasteiger partial charge in [0, 0.05) is 5.56 Å². The first-order valence-corrected chi connectivity index (χ1v) is 18.2. The van der Waals surface area contributed by atoms with E-state index >= 15 is 4.39 Å². The maximum Gasteiger partial charge on any atom is 0.334 e. The van der Waals surface area contributed by atoms with Gasteiger partial charge in [0.2, 0.25) is 0 Å². The number of ether oxygens (including phenoxy) is 4. The summed E-state index contributed by atoms with van der Waals surface area (Å²) in [5.41, 5.74) is -0.676. The number of carbonyl (C=O) groups excluding carboxylic acids is 1. The molecule has 2 aromatic heterocycles. The Bertz CT molecular complexity index is 2190. The zero-order valence-electron chi connectivity index (χ0n) is 28.5. The van der Waals surface area contributed by atoms with Crippen LogP contribution in [0.3, 0.4) is 0 Å². The lowest BCUT2D eigenvalue weighted by molar-refractivity contribution is -0.0805. The summed E-state index contributed by atoms with van der Waals surface area (Å²) in [7, 11) is -2.03. The van der Waals surface area contributed by atoms with Gasteiger partial charge in [-0.1, -0.05) is 72.8 Å². The molecule has 1 fully saturated rings. The van der Waals surface area contributed by atoms with Gasteiger partial charge in [-0.05, 0) is 53.1 Å². The molecule has 0 radical (unpaired) electrons. The fourth-order valence-electron chi connectivity index (χ4n) is 6.65. The minimum atomic E-state index is -5.14. The van der Waals surface area contributed by atoms with Gasteiger partial charge in [0.05, 0.1) is 27.2 Å². The van der Waals surface area contributed by atoms with Crippen molar-refractivity contribution in [3.05, 3.63) is 144 Å². The molecule has 0 aliphatic carbocycles. The van der Waals surface area contributed by atoms with Gasteiger partial charge in [-0.2, -0.15) is 0 Å². The van der Waals surface area contributed by atoms with Crippen molar-refractivity contribution in [1.82, 2.24) is 19.5 Å². The lowest BCUT2D eigenvalue weighted by Crippen LogP contribution is -2.39. The molecule has 4 atom stereocenters. The van der Waals surface area contributed by atoms with Crippen LogP contribution in [-0.4, -0.2) is 74.0 Å². The Hall–Kier alpha value is -5.50. The zero-order valence-corrected chi connectivity index (χ0v) is 29.4. The highest BCUT2D eigenvalue weighted by atomic mass is 31.2. The maximum atomic E-state index is 16.5. The molecule has 0 bridgehead atoms. The summed E-state index contributed by atoms with van der Waals surface area (Å²) in [6.45, 7) is -0.445. The van der Waals surface area contributed by atoms with Crippen LogP contribution in [0.25, 0.3) is 11.2 Å². The summed E-state index contributed by atoms with van der Waals surface area (Å²) in [6.07, 6.45) is -2.81. The van der Waals surface area contributed by atoms with Crippen molar-refractivity contribution >= 4 is 30.5 Å². The molecule has 15 heteroatoms. The molecular formula is C38H35FN5O8P. The molecule has 1 amide bonds. The van der Waals surface area contributed by atoms with E-state index in [-0.39, 0.29) is 17.0 Å². The Morgan fingerprint density at radius 1 is 0.849 bits per heavy atom. The number of hydrogen-bond acceptors (Lipinski definition) is 9. The van der Waals surface area contributed by atoms with Crippen LogP contribution in [0.1, 0.15) is 33.3 Å². The van der Waals surface area contributed by atoms with Gasteiger partial charge >= 0.3 is 7.60 Å². The Labute approximate surface area is 303 Å². The summed E-state index contributed by atoms with van der Waals surface area (Å²) < 4.78 is 54.6. The first kappa shape index (κ1) is 35.9. The highest BCUT2D eigenvalue weighted by Gasteiger charge is 2.55. The molecule has 53 heavy (non-hydrogen) atoms. The van der Waals surface area contributed by atoms with E-state index in [1.54, 1.807) is 68.8 Å². The molecule has 7 rings (SSSR count). The van der Waals surface area contributed by atoms with E-state index < -0.39 is 49.9 Å². The van der Waals surface area contributed by atoms with Crippen molar-refractivity contribution in [2.75, 3.05) is 26.1 Å². The lowest BCUT2D eigenvalue weighted by atomic mass is 9.80. The molecule has 1 aliphatic heterocycles. The zero-order chi connectivity index (χ0) is 37.2. The Morgan fingerprint density at radius 2 is 1.42 bits per heavy atom. The summed E-state index contributed by atoms with van der Waals surface area (Å²) >= 11 is 0. The predicted molar refractivity (Wildman–Crippen MR) is 193 cm³/mol. The summed E-state index contributed by atoms with van der Waals surface area (Å²) in [4.78, 5) is 46.7. The van der Waals surface area contributed by atoms with E-state index in [0.29, 0.717) is 33.8 Å². The third kappa shape index (κ3) is 6.90. The van der Waals surface area contributed by atoms with Gasteiger partial charge in [-0.3, -0.25) is 13.9 Å². The number of benzene rings is 4. The third-order valence-electron chi connectivity index (χ3n) is 9.22. The quantitative estimate of drug-likeness (QED) is 0.101. The van der Waals surface area contributed by atoms with Crippen molar-refractivity contribution in [1.29, 1.82) is 0 Å². The number of carbonyl (C=O) groups is 1. The maximum absolute atomic E-state index is 16.5. The SMILES string of the molecule is COc1ccc(C(OC[C@H]2O[C@@H](n3cnc4c(NC(=O)c5ccccc5)ncnc43)[C@@H](F)[C@@H]2P(=O)(O)O)(c2ccccc2)c2ccc(OC)cc2)cc1. The van der Waals surface area contributed by atoms with E-state index in [9.17, 15) is 19.1 Å². The molecule has 1 saturated heterocycles. The smallest absolute Gasteiger partial charge is 0.334 e. The molecule has 0 saturated carbocycles. The summed E-state index contributed by atoms with van der Waals surface area (Å²) in [6, 6.07) is 32.2. The highest BCUT2D eigenvalue weighted by molar-refractivity contribution is 7.52. The fraction of sp³-hybridized carbons (Fsp3) is 0.211. The number of amides is 1. The minimum absolute atomic E-state index is 0.0639. The number of hydrogen-bond donors (Lipinski definition) is 3. The molecule has 13 nitrogen and oxygen atoms in total. The first-order chi connectivity index (χ1) is 25.6. The average Bonchev–Trinajstić information content (AvgIpc) is 3.77. The number of halogens is 1. The number of alkyl halides is 1. The van der Waals surface area contributed by atoms with E-state index in [4.69, 9.17) is 18.9 Å². The van der Waals surface area contributed by atoms with Crippen LogP contribution >= 0.6 is 7.60 Å². The van der Waals surface area contributed by atoms with Crippen LogP contribution in [0.15, 0.2) is 122 Å². The Balaban J connectivity index is 1.26. The van der Waals surface area contributed by atoms with Crippen LogP contribution in [-0.2, 0) is 19.6 Å². The van der Waals surface area contributed by atoms with Gasteiger partial charge in [0.25, 0.3) is 5.91 Å². The van der Waals surface area contributed by atoms with Gasteiger partial charge in [0.1, 0.15) is 35.2 Å². The number of nitrogens with one attached hydrogen (secondary N) is 1. The topological polar surface area (TPSA) is 167 Å². The number of methoxy groups -OCH3 is 2. The average molecular weight is 740 g/mol. The second kappa shape index (κ2) is 14.9. The van der Waals surface area contributed by atoms with Crippen LogP contribution < -0.4 is 14.8 Å². The minimum Gasteiger partial charge on any atom is -0.497 e. The standard InChI is InChI=1S/C38H35FN5O8P/c1-49-28-17-13-26(14-18-28)38(25-11-7-4-8-12-25,27-15-19-29(50-2)20-16-27)51-21-30-33(53(46,47)48)31(39)37(52-30)44-23-42-32-34(40-22-41-35(32)44)43-36(45)24-9-5-3-6-10-24/h3-20,22-23,30-31,33,37H,21H2,1-2H3,(H2,46,47,48)(H,40,41,43,45)/t30-,31+,33-,37-/m1/s1. The van der Waals surface area contributed by atoms with Crippen LogP contribution in [0.5, 0.6) is 11.5 Å². The van der Waals surface area contributed by atoms with Crippen molar-refractivity contribution in [2.24, 2.45) is 0 Å². The normalized spacial score (nSPS) is 18.9. The van der Waals surface area contributed by atoms with Gasteiger partial charge in [0.15, 0.2) is 29.4 Å². The van der Waals surface area contributed by atoms with Crippen molar-refractivity contribution in [3.8, 4) is 11.5 Å². The highest BCUT2D eigenvalue weighted by Crippen LogP contribution is 2.54. The molecule has 0 unspecified atom stereocenters. The van der Waals surface area contributed by atoms with Crippen LogP contribution in [0.4, 0.5) is 10.2 Å². The van der Waals surface area contributed by atoms with E-state index in [0.717, 1.165) is 0 Å². The van der Waals surface area contributed by atoms with E-state index in [1.165, 1.54) is 17.2 Å². The third-order valence-corrected chi connectivity index (χ3v) is 10.6. The molecule has 272 valence electrons. The fourth-order valence-corrected chi connectivity index (χ4v) is 7.76. The number of nitrogens with zero attached hydrogens (tertiary/aromatic N) is 4. The largest absolute Gasteiger partial charge is 0.497 e. The molecule has 1 aliphatic rings. The second-order valence-corrected chi connectivity index (χ2v) is 14.0. The van der Waals surface area contributed by atoms with Crippen LogP contribution in [0, 0.1) is 0 Å². The van der Waals surface area contributed by atoms with Crippen LogP contribution in [0.2, 0.25) is 0 Å². The molecule has 3 heterocycles. The molecule has 6 aromatic rings. The number of anilines is 1. The van der Waals surface area contributed by atoms with Gasteiger partial charge in [-0.15, -0.1) is 0 Å². The summed E-state index contributed by atoms with van der Waals surface area (Å²) in [5.74, 6) is 0.825. The Kier molecular flexibility index (Phi) is 10.1. The summed E-state index contributed by atoms with van der Waals surface area (Å²) in [5, 5.41) is 2.70. The molecule has 3 N–H and O–H groups in total. The monoisotopic (exact) mass is 739 g/mol. The number of rotatable bonds is 12. The predicted octanol–water partition coefficient (Wildman–Crippen LogP) is 5.89. The number of imidazole rings is 1. The molecular weight excluding hydrogens is 704 g/mol. The van der Waals surface area contributed by atoms with Crippen molar-refractivity contribution in [3.63, 3.8) is 0 Å². The molecule has 4 aromatic carbocycles.